The SMILES string of the molecule is C[C@@H](C(N)=O)C(C)(C)C. The molecule has 0 aromatic rings. The third-order valence-corrected chi connectivity index (χ3v) is 1.73. The van der Waals surface area contributed by atoms with E-state index in [1.54, 1.807) is 0 Å². The van der Waals surface area contributed by atoms with Crippen molar-refractivity contribution >= 4 is 5.91 Å². The fourth-order valence-corrected chi connectivity index (χ4v) is 0.427. The molecule has 2 N–H and O–H groups in total. The molecule has 0 spiro atoms. The summed E-state index contributed by atoms with van der Waals surface area (Å²) >= 11 is 0. The first-order valence-electron chi connectivity index (χ1n) is 3.15. The quantitative estimate of drug-likeness (QED) is 0.567. The summed E-state index contributed by atoms with van der Waals surface area (Å²) in [6.45, 7) is 7.86. The molecule has 0 rings (SSSR count). The molecule has 1 atom stereocenters. The van der Waals surface area contributed by atoms with E-state index in [-0.39, 0.29) is 17.2 Å². The molecule has 0 fully saturated rings. The van der Waals surface area contributed by atoms with E-state index in [9.17, 15) is 4.79 Å². The predicted molar refractivity (Wildman–Crippen MR) is 37.8 cm³/mol. The molecular weight excluding hydrogens is 114 g/mol. The Morgan fingerprint density at radius 2 is 1.78 bits per heavy atom. The molecule has 2 heteroatoms. The predicted octanol–water partition coefficient (Wildman–Crippen LogP) is 1.15. The highest BCUT2D eigenvalue weighted by atomic mass is 16.1. The number of hydrogen-bond donors (Lipinski definition) is 1. The van der Waals surface area contributed by atoms with Gasteiger partial charge in [-0.15, -0.1) is 0 Å². The number of nitrogens with two attached hydrogens (primary N) is 1. The van der Waals surface area contributed by atoms with Crippen molar-refractivity contribution in [3.63, 3.8) is 0 Å². The second kappa shape index (κ2) is 2.38. The first-order chi connectivity index (χ1) is 3.85. The van der Waals surface area contributed by atoms with Gasteiger partial charge in [0, 0.05) is 5.92 Å². The lowest BCUT2D eigenvalue weighted by Gasteiger charge is -2.23. The maximum Gasteiger partial charge on any atom is 0.220 e. The van der Waals surface area contributed by atoms with Crippen LogP contribution in [-0.2, 0) is 4.79 Å². The number of hydrogen-bond acceptors (Lipinski definition) is 1. The summed E-state index contributed by atoms with van der Waals surface area (Å²) in [6.07, 6.45) is 0. The van der Waals surface area contributed by atoms with Crippen LogP contribution in [0.2, 0.25) is 0 Å². The van der Waals surface area contributed by atoms with Crippen LogP contribution in [0.25, 0.3) is 0 Å². The van der Waals surface area contributed by atoms with Gasteiger partial charge in [0.2, 0.25) is 5.91 Å². The van der Waals surface area contributed by atoms with Crippen LogP contribution in [0, 0.1) is 11.3 Å². The van der Waals surface area contributed by atoms with Crippen LogP contribution in [0.3, 0.4) is 0 Å². The molecule has 0 aromatic carbocycles. The molecule has 2 nitrogen and oxygen atoms in total. The fraction of sp³-hybridized carbons (Fsp3) is 0.857. The van der Waals surface area contributed by atoms with Crippen LogP contribution >= 0.6 is 0 Å². The summed E-state index contributed by atoms with van der Waals surface area (Å²) in [7, 11) is 0. The molecule has 0 radical (unpaired) electrons. The van der Waals surface area contributed by atoms with Crippen molar-refractivity contribution in [2.24, 2.45) is 17.1 Å². The lowest BCUT2D eigenvalue weighted by Crippen LogP contribution is -2.31. The van der Waals surface area contributed by atoms with Crippen LogP contribution in [0.1, 0.15) is 27.7 Å². The van der Waals surface area contributed by atoms with Gasteiger partial charge in [0.1, 0.15) is 0 Å². The maximum absolute atomic E-state index is 10.6. The van der Waals surface area contributed by atoms with Gasteiger partial charge in [-0.05, 0) is 5.41 Å². The van der Waals surface area contributed by atoms with E-state index in [4.69, 9.17) is 5.73 Å². The first kappa shape index (κ1) is 8.47. The molecule has 9 heavy (non-hydrogen) atoms. The molecule has 0 aliphatic rings. The zero-order chi connectivity index (χ0) is 7.65. The van der Waals surface area contributed by atoms with Crippen molar-refractivity contribution in [1.29, 1.82) is 0 Å². The van der Waals surface area contributed by atoms with E-state index in [1.165, 1.54) is 0 Å². The van der Waals surface area contributed by atoms with Crippen LogP contribution in [0.5, 0.6) is 0 Å². The molecule has 0 bridgehead atoms. The average molecular weight is 129 g/mol. The Morgan fingerprint density at radius 3 is 1.78 bits per heavy atom. The molecule has 0 aromatic heterocycles. The van der Waals surface area contributed by atoms with E-state index < -0.39 is 0 Å². The van der Waals surface area contributed by atoms with Crippen molar-refractivity contribution in [3.05, 3.63) is 0 Å². The van der Waals surface area contributed by atoms with Gasteiger partial charge < -0.3 is 5.73 Å². The average Bonchev–Trinajstić information content (AvgIpc) is 1.62. The van der Waals surface area contributed by atoms with Gasteiger partial charge in [-0.3, -0.25) is 4.79 Å². The van der Waals surface area contributed by atoms with E-state index in [0.29, 0.717) is 0 Å². The van der Waals surface area contributed by atoms with Crippen LogP contribution in [0.4, 0.5) is 0 Å². The van der Waals surface area contributed by atoms with E-state index in [2.05, 4.69) is 0 Å². The van der Waals surface area contributed by atoms with Gasteiger partial charge in [0.05, 0.1) is 0 Å². The number of primary amides is 1. The van der Waals surface area contributed by atoms with Crippen molar-refractivity contribution in [1.82, 2.24) is 0 Å². The summed E-state index contributed by atoms with van der Waals surface area (Å²) in [6, 6.07) is 0. The number of carbonyl (C=O) groups excluding carboxylic acids is 1. The smallest absolute Gasteiger partial charge is 0.220 e. The van der Waals surface area contributed by atoms with Gasteiger partial charge in [-0.25, -0.2) is 0 Å². The first-order valence-corrected chi connectivity index (χ1v) is 3.15. The van der Waals surface area contributed by atoms with Crippen LogP contribution in [0.15, 0.2) is 0 Å². The number of rotatable bonds is 1. The van der Waals surface area contributed by atoms with E-state index in [0.717, 1.165) is 0 Å². The topological polar surface area (TPSA) is 43.1 Å². The van der Waals surface area contributed by atoms with Gasteiger partial charge in [0.25, 0.3) is 0 Å². The maximum atomic E-state index is 10.6. The second-order valence-corrected chi connectivity index (χ2v) is 3.49. The Labute approximate surface area is 56.4 Å². The molecule has 0 aliphatic heterocycles. The lowest BCUT2D eigenvalue weighted by molar-refractivity contribution is -0.124. The summed E-state index contributed by atoms with van der Waals surface area (Å²) in [5.74, 6) is -0.264. The van der Waals surface area contributed by atoms with Gasteiger partial charge in [-0.1, -0.05) is 27.7 Å². The van der Waals surface area contributed by atoms with Crippen molar-refractivity contribution in [2.45, 2.75) is 27.7 Å². The summed E-state index contributed by atoms with van der Waals surface area (Å²) in [5.41, 5.74) is 5.09. The van der Waals surface area contributed by atoms with Crippen LogP contribution < -0.4 is 5.73 Å². The van der Waals surface area contributed by atoms with Crippen molar-refractivity contribution in [2.75, 3.05) is 0 Å². The minimum absolute atomic E-state index is 0.00579. The molecule has 0 unspecified atom stereocenters. The Balaban J connectivity index is 4.04. The molecule has 0 saturated carbocycles. The van der Waals surface area contributed by atoms with Crippen molar-refractivity contribution in [3.8, 4) is 0 Å². The highest BCUT2D eigenvalue weighted by molar-refractivity contribution is 5.76. The molecule has 0 heterocycles. The fourth-order valence-electron chi connectivity index (χ4n) is 0.427. The molecule has 0 saturated heterocycles. The summed E-state index contributed by atoms with van der Waals surface area (Å²) in [5, 5.41) is 0. The summed E-state index contributed by atoms with van der Waals surface area (Å²) in [4.78, 5) is 10.6. The standard InChI is InChI=1S/C7H15NO/c1-5(6(8)9)7(2,3)4/h5H,1-4H3,(H2,8,9)/t5-/m0/s1. The van der Waals surface area contributed by atoms with Gasteiger partial charge >= 0.3 is 0 Å². The highest BCUT2D eigenvalue weighted by Crippen LogP contribution is 2.24. The zero-order valence-corrected chi connectivity index (χ0v) is 6.56. The van der Waals surface area contributed by atoms with Crippen LogP contribution in [-0.4, -0.2) is 5.91 Å². The highest BCUT2D eigenvalue weighted by Gasteiger charge is 2.24. The van der Waals surface area contributed by atoms with Crippen molar-refractivity contribution < 1.29 is 4.79 Å². The Kier molecular flexibility index (Phi) is 2.24. The number of amides is 1. The zero-order valence-electron chi connectivity index (χ0n) is 6.56. The third kappa shape index (κ3) is 2.49. The largest absolute Gasteiger partial charge is 0.369 e. The number of carbonyl (C=O) groups is 1. The Morgan fingerprint density at radius 1 is 1.44 bits per heavy atom. The summed E-state index contributed by atoms with van der Waals surface area (Å²) < 4.78 is 0. The Hall–Kier alpha value is -0.530. The second-order valence-electron chi connectivity index (χ2n) is 3.49. The Bertz CT molecular complexity index is 113. The molecule has 0 aliphatic carbocycles. The van der Waals surface area contributed by atoms with Gasteiger partial charge in [0.15, 0.2) is 0 Å². The molecule has 1 amide bonds. The third-order valence-electron chi connectivity index (χ3n) is 1.73. The normalized spacial score (nSPS) is 15.1. The minimum Gasteiger partial charge on any atom is -0.369 e. The lowest BCUT2D eigenvalue weighted by atomic mass is 9.82. The van der Waals surface area contributed by atoms with E-state index in [1.807, 2.05) is 27.7 Å². The molecule has 54 valence electrons. The minimum atomic E-state index is -0.220. The van der Waals surface area contributed by atoms with Gasteiger partial charge in [-0.2, -0.15) is 0 Å². The molecular formula is C7H15NO. The monoisotopic (exact) mass is 129 g/mol. The van der Waals surface area contributed by atoms with E-state index >= 15 is 0 Å².